The third-order valence-corrected chi connectivity index (χ3v) is 3.13. The monoisotopic (exact) mass is 309 g/mol. The summed E-state index contributed by atoms with van der Waals surface area (Å²) in [5.41, 5.74) is 0.689. The molecular formula is C16H14F3NO2. The Morgan fingerprint density at radius 2 is 1.68 bits per heavy atom. The molecule has 0 aliphatic heterocycles. The summed E-state index contributed by atoms with van der Waals surface area (Å²) in [6.45, 7) is -0.342. The Morgan fingerprint density at radius 3 is 2.41 bits per heavy atom. The lowest BCUT2D eigenvalue weighted by Gasteiger charge is -2.08. The Balaban J connectivity index is 1.97. The second-order valence-corrected chi connectivity index (χ2v) is 4.77. The molecule has 0 unspecified atom stereocenters. The number of aliphatic hydroxyl groups is 1. The lowest BCUT2D eigenvalue weighted by atomic mass is 10.1. The first kappa shape index (κ1) is 16.0. The average Bonchev–Trinajstić information content (AvgIpc) is 2.50. The number of nitrogens with one attached hydrogen (secondary N) is 1. The molecule has 2 aromatic carbocycles. The minimum absolute atomic E-state index is 0.0346. The highest BCUT2D eigenvalue weighted by molar-refractivity contribution is 5.78. The first-order valence-corrected chi connectivity index (χ1v) is 6.58. The van der Waals surface area contributed by atoms with E-state index in [9.17, 15) is 18.0 Å². The van der Waals surface area contributed by atoms with Crippen LogP contribution in [0.3, 0.4) is 0 Å². The van der Waals surface area contributed by atoms with Crippen LogP contribution in [0.25, 0.3) is 0 Å². The van der Waals surface area contributed by atoms with Crippen LogP contribution in [0, 0.1) is 17.5 Å². The Bertz CT molecular complexity index is 689. The molecule has 116 valence electrons. The zero-order valence-corrected chi connectivity index (χ0v) is 11.6. The number of hydrogen-bond donors (Lipinski definition) is 2. The highest BCUT2D eigenvalue weighted by Crippen LogP contribution is 2.12. The molecule has 0 aromatic heterocycles. The third kappa shape index (κ3) is 4.08. The first-order chi connectivity index (χ1) is 10.5. The number of amides is 1. The summed E-state index contributed by atoms with van der Waals surface area (Å²) in [6, 6.07) is 7.00. The van der Waals surface area contributed by atoms with Crippen molar-refractivity contribution in [1.82, 2.24) is 5.32 Å². The van der Waals surface area contributed by atoms with Crippen molar-refractivity contribution in [2.24, 2.45) is 0 Å². The Labute approximate surface area is 125 Å². The fourth-order valence-corrected chi connectivity index (χ4v) is 1.97. The number of aliphatic hydroxyl groups excluding tert-OH is 1. The SMILES string of the molecule is O=C(Cc1cc(F)ccc1F)NCc1ccc(F)c(CO)c1. The Kier molecular flexibility index (Phi) is 5.16. The van der Waals surface area contributed by atoms with Crippen molar-refractivity contribution < 1.29 is 23.1 Å². The van der Waals surface area contributed by atoms with Gasteiger partial charge in [-0.3, -0.25) is 4.79 Å². The molecule has 0 atom stereocenters. The Morgan fingerprint density at radius 1 is 1.00 bits per heavy atom. The van der Waals surface area contributed by atoms with Gasteiger partial charge in [0.1, 0.15) is 17.5 Å². The molecule has 2 aromatic rings. The van der Waals surface area contributed by atoms with Gasteiger partial charge in [0.25, 0.3) is 0 Å². The van der Waals surface area contributed by atoms with E-state index in [1.165, 1.54) is 18.2 Å². The maximum atomic E-state index is 13.4. The molecule has 0 spiro atoms. The van der Waals surface area contributed by atoms with Gasteiger partial charge in [0.05, 0.1) is 13.0 Å². The van der Waals surface area contributed by atoms with E-state index in [0.717, 1.165) is 18.2 Å². The average molecular weight is 309 g/mol. The topological polar surface area (TPSA) is 49.3 Å². The molecule has 0 radical (unpaired) electrons. The van der Waals surface area contributed by atoms with Crippen LogP contribution in [0.15, 0.2) is 36.4 Å². The van der Waals surface area contributed by atoms with Crippen molar-refractivity contribution in [3.05, 3.63) is 70.5 Å². The van der Waals surface area contributed by atoms with Crippen LogP contribution in [0.2, 0.25) is 0 Å². The smallest absolute Gasteiger partial charge is 0.224 e. The molecule has 0 saturated carbocycles. The first-order valence-electron chi connectivity index (χ1n) is 6.58. The second kappa shape index (κ2) is 7.09. The summed E-state index contributed by atoms with van der Waals surface area (Å²) in [4.78, 5) is 11.7. The van der Waals surface area contributed by atoms with E-state index >= 15 is 0 Å². The van der Waals surface area contributed by atoms with Crippen molar-refractivity contribution in [3.8, 4) is 0 Å². The summed E-state index contributed by atoms with van der Waals surface area (Å²) in [5, 5.41) is 11.5. The lowest BCUT2D eigenvalue weighted by Crippen LogP contribution is -2.25. The number of carbonyl (C=O) groups is 1. The quantitative estimate of drug-likeness (QED) is 0.891. The van der Waals surface area contributed by atoms with Gasteiger partial charge >= 0.3 is 0 Å². The van der Waals surface area contributed by atoms with Crippen LogP contribution in [0.4, 0.5) is 13.2 Å². The molecule has 6 heteroatoms. The third-order valence-electron chi connectivity index (χ3n) is 3.13. The molecule has 0 aliphatic carbocycles. The highest BCUT2D eigenvalue weighted by Gasteiger charge is 2.10. The largest absolute Gasteiger partial charge is 0.392 e. The standard InChI is InChI=1S/C16H14F3NO2/c17-13-2-4-14(18)11(6-13)7-16(22)20-8-10-1-3-15(19)12(5-10)9-21/h1-6,21H,7-9H2,(H,20,22). The molecule has 2 rings (SSSR count). The number of hydrogen-bond acceptors (Lipinski definition) is 2. The van der Waals surface area contributed by atoms with E-state index in [-0.39, 0.29) is 24.1 Å². The van der Waals surface area contributed by atoms with Gasteiger partial charge in [-0.15, -0.1) is 0 Å². The zero-order valence-electron chi connectivity index (χ0n) is 11.6. The molecule has 1 amide bonds. The minimum atomic E-state index is -0.652. The Hall–Kier alpha value is -2.34. The number of benzene rings is 2. The van der Waals surface area contributed by atoms with E-state index < -0.39 is 30.0 Å². The van der Waals surface area contributed by atoms with Gasteiger partial charge in [0.2, 0.25) is 5.91 Å². The van der Waals surface area contributed by atoms with Crippen molar-refractivity contribution in [2.75, 3.05) is 0 Å². The fourth-order valence-electron chi connectivity index (χ4n) is 1.97. The van der Waals surface area contributed by atoms with Crippen LogP contribution in [-0.4, -0.2) is 11.0 Å². The van der Waals surface area contributed by atoms with Crippen LogP contribution in [0.1, 0.15) is 16.7 Å². The summed E-state index contributed by atoms with van der Waals surface area (Å²) in [5.74, 6) is -2.28. The van der Waals surface area contributed by atoms with Gasteiger partial charge in [-0.05, 0) is 35.9 Å². The summed E-state index contributed by atoms with van der Waals surface area (Å²) in [7, 11) is 0. The van der Waals surface area contributed by atoms with E-state index in [0.29, 0.717) is 5.56 Å². The molecule has 0 heterocycles. The molecule has 3 nitrogen and oxygen atoms in total. The summed E-state index contributed by atoms with van der Waals surface area (Å²) < 4.78 is 39.6. The maximum Gasteiger partial charge on any atom is 0.224 e. The molecule has 0 saturated heterocycles. The molecule has 0 bridgehead atoms. The minimum Gasteiger partial charge on any atom is -0.392 e. The fraction of sp³-hybridized carbons (Fsp3) is 0.188. The van der Waals surface area contributed by atoms with Crippen LogP contribution >= 0.6 is 0 Å². The second-order valence-electron chi connectivity index (χ2n) is 4.77. The van der Waals surface area contributed by atoms with Gasteiger partial charge in [-0.2, -0.15) is 0 Å². The molecule has 2 N–H and O–H groups in total. The van der Waals surface area contributed by atoms with E-state index in [1.54, 1.807) is 0 Å². The van der Waals surface area contributed by atoms with Crippen molar-refractivity contribution >= 4 is 5.91 Å². The molecule has 22 heavy (non-hydrogen) atoms. The molecular weight excluding hydrogens is 295 g/mol. The van der Waals surface area contributed by atoms with E-state index in [2.05, 4.69) is 5.32 Å². The summed E-state index contributed by atoms with van der Waals surface area (Å²) >= 11 is 0. The van der Waals surface area contributed by atoms with E-state index in [1.807, 2.05) is 0 Å². The van der Waals surface area contributed by atoms with Crippen molar-refractivity contribution in [2.45, 2.75) is 19.6 Å². The van der Waals surface area contributed by atoms with Crippen LogP contribution < -0.4 is 5.32 Å². The van der Waals surface area contributed by atoms with Gasteiger partial charge in [-0.1, -0.05) is 6.07 Å². The predicted molar refractivity (Wildman–Crippen MR) is 74.2 cm³/mol. The van der Waals surface area contributed by atoms with E-state index in [4.69, 9.17) is 5.11 Å². The van der Waals surface area contributed by atoms with Gasteiger partial charge in [0.15, 0.2) is 0 Å². The zero-order chi connectivity index (χ0) is 16.1. The highest BCUT2D eigenvalue weighted by atomic mass is 19.1. The van der Waals surface area contributed by atoms with Gasteiger partial charge < -0.3 is 10.4 Å². The van der Waals surface area contributed by atoms with Crippen molar-refractivity contribution in [3.63, 3.8) is 0 Å². The molecule has 0 fully saturated rings. The van der Waals surface area contributed by atoms with Gasteiger partial charge in [0, 0.05) is 17.7 Å². The van der Waals surface area contributed by atoms with Gasteiger partial charge in [-0.25, -0.2) is 13.2 Å². The lowest BCUT2D eigenvalue weighted by molar-refractivity contribution is -0.120. The number of rotatable bonds is 5. The molecule has 0 aliphatic rings. The normalized spacial score (nSPS) is 10.5. The summed E-state index contributed by atoms with van der Waals surface area (Å²) in [6.07, 6.45) is -0.294. The maximum absolute atomic E-state index is 13.4. The van der Waals surface area contributed by atoms with Crippen LogP contribution in [0.5, 0.6) is 0 Å². The van der Waals surface area contributed by atoms with Crippen molar-refractivity contribution in [1.29, 1.82) is 0 Å². The number of halogens is 3. The predicted octanol–water partition coefficient (Wildman–Crippen LogP) is 2.46. The van der Waals surface area contributed by atoms with Crippen LogP contribution in [-0.2, 0) is 24.4 Å². The number of carbonyl (C=O) groups excluding carboxylic acids is 1.